The Morgan fingerprint density at radius 1 is 1.16 bits per heavy atom. The van der Waals surface area contributed by atoms with Crippen LogP contribution in [-0.2, 0) is 9.53 Å². The molecule has 1 N–H and O–H groups in total. The molecule has 1 aliphatic carbocycles. The number of fused-ring (bicyclic) bond motifs is 2. The molecule has 2 unspecified atom stereocenters. The van der Waals surface area contributed by atoms with Crippen molar-refractivity contribution < 1.29 is 9.53 Å². The molecule has 1 saturated carbocycles. The van der Waals surface area contributed by atoms with Gasteiger partial charge in [-0.25, -0.2) is 0 Å². The predicted molar refractivity (Wildman–Crippen MR) is 73.9 cm³/mol. The van der Waals surface area contributed by atoms with Crippen molar-refractivity contribution in [3.63, 3.8) is 0 Å². The second-order valence-corrected chi connectivity index (χ2v) is 6.49. The Kier molecular flexibility index (Phi) is 4.08. The first kappa shape index (κ1) is 13.4. The fourth-order valence-electron chi connectivity index (χ4n) is 3.89. The maximum atomic E-state index is 12.2. The normalized spacial score (nSPS) is 34.7. The summed E-state index contributed by atoms with van der Waals surface area (Å²) in [5.74, 6) is 0.165. The van der Waals surface area contributed by atoms with Crippen LogP contribution in [0, 0.1) is 0 Å². The van der Waals surface area contributed by atoms with Crippen LogP contribution in [0.3, 0.4) is 0 Å². The molecule has 4 heteroatoms. The van der Waals surface area contributed by atoms with Gasteiger partial charge in [-0.3, -0.25) is 4.79 Å². The van der Waals surface area contributed by atoms with Gasteiger partial charge >= 0.3 is 0 Å². The van der Waals surface area contributed by atoms with Crippen LogP contribution in [0.25, 0.3) is 0 Å². The summed E-state index contributed by atoms with van der Waals surface area (Å²) in [6.07, 6.45) is 9.90. The van der Waals surface area contributed by atoms with Crippen LogP contribution in [0.4, 0.5) is 0 Å². The number of ether oxygens (including phenoxy) is 1. The van der Waals surface area contributed by atoms with Crippen molar-refractivity contribution >= 4 is 5.91 Å². The van der Waals surface area contributed by atoms with E-state index in [4.69, 9.17) is 4.74 Å². The van der Waals surface area contributed by atoms with Gasteiger partial charge in [-0.15, -0.1) is 0 Å². The number of hydrogen-bond donors (Lipinski definition) is 1. The summed E-state index contributed by atoms with van der Waals surface area (Å²) in [5.41, 5.74) is 0. The third-order valence-corrected chi connectivity index (χ3v) is 5.13. The average molecular weight is 266 g/mol. The van der Waals surface area contributed by atoms with Gasteiger partial charge in [0.05, 0.1) is 6.10 Å². The second-order valence-electron chi connectivity index (χ2n) is 6.49. The van der Waals surface area contributed by atoms with E-state index in [-0.39, 0.29) is 12.5 Å². The van der Waals surface area contributed by atoms with E-state index in [1.54, 1.807) is 0 Å². The second kappa shape index (κ2) is 5.80. The molecular formula is C15H26N2O2. The lowest BCUT2D eigenvalue weighted by molar-refractivity contribution is -0.139. The molecule has 3 fully saturated rings. The molecule has 0 aromatic heterocycles. The number of carbonyl (C=O) groups excluding carboxylic acids is 1. The zero-order valence-corrected chi connectivity index (χ0v) is 11.9. The Bertz CT molecular complexity index is 316. The molecular weight excluding hydrogens is 240 g/mol. The van der Waals surface area contributed by atoms with Crippen molar-refractivity contribution in [2.24, 2.45) is 0 Å². The van der Waals surface area contributed by atoms with Gasteiger partial charge in [-0.2, -0.15) is 0 Å². The van der Waals surface area contributed by atoms with Gasteiger partial charge < -0.3 is 15.0 Å². The molecule has 4 nitrogen and oxygen atoms in total. The molecule has 2 saturated heterocycles. The zero-order chi connectivity index (χ0) is 13.2. The van der Waals surface area contributed by atoms with Crippen molar-refractivity contribution in [3.8, 4) is 0 Å². The maximum absolute atomic E-state index is 12.2. The molecule has 0 spiro atoms. The van der Waals surface area contributed by atoms with E-state index < -0.39 is 0 Å². The minimum atomic E-state index is 0.165. The summed E-state index contributed by atoms with van der Waals surface area (Å²) < 4.78 is 5.74. The summed E-state index contributed by atoms with van der Waals surface area (Å²) in [4.78, 5) is 14.2. The minimum absolute atomic E-state index is 0.165. The molecule has 2 heterocycles. The Hall–Kier alpha value is -0.610. The number of likely N-dealkylation sites (N-methyl/N-ethyl adjacent to an activating group) is 1. The van der Waals surface area contributed by atoms with Crippen molar-refractivity contribution in [3.05, 3.63) is 0 Å². The zero-order valence-electron chi connectivity index (χ0n) is 11.9. The number of hydrogen-bond acceptors (Lipinski definition) is 3. The summed E-state index contributed by atoms with van der Waals surface area (Å²) >= 11 is 0. The van der Waals surface area contributed by atoms with Crippen molar-refractivity contribution in [1.29, 1.82) is 0 Å². The highest BCUT2D eigenvalue weighted by Crippen LogP contribution is 2.29. The molecule has 2 aliphatic heterocycles. The number of amides is 1. The minimum Gasteiger partial charge on any atom is -0.368 e. The summed E-state index contributed by atoms with van der Waals surface area (Å²) in [6, 6.07) is 1.68. The molecule has 1 amide bonds. The van der Waals surface area contributed by atoms with E-state index >= 15 is 0 Å². The van der Waals surface area contributed by atoms with Crippen LogP contribution in [0.5, 0.6) is 0 Å². The summed E-state index contributed by atoms with van der Waals surface area (Å²) in [5, 5.41) is 3.62. The van der Waals surface area contributed by atoms with Gasteiger partial charge in [0.25, 0.3) is 0 Å². The molecule has 0 radical (unpaired) electrons. The lowest BCUT2D eigenvalue weighted by atomic mass is 9.98. The lowest BCUT2D eigenvalue weighted by Crippen LogP contribution is -2.49. The van der Waals surface area contributed by atoms with E-state index in [2.05, 4.69) is 5.32 Å². The van der Waals surface area contributed by atoms with E-state index in [1.807, 2.05) is 11.9 Å². The molecule has 2 atom stereocenters. The molecule has 3 aliphatic rings. The number of nitrogens with zero attached hydrogens (tertiary/aromatic N) is 1. The lowest BCUT2D eigenvalue weighted by Gasteiger charge is -2.35. The topological polar surface area (TPSA) is 41.6 Å². The molecule has 3 rings (SSSR count). The number of carbonyl (C=O) groups is 1. The van der Waals surface area contributed by atoms with Gasteiger partial charge in [-0.05, 0) is 38.5 Å². The number of nitrogens with one attached hydrogen (secondary N) is 1. The Balaban J connectivity index is 1.46. The number of rotatable bonds is 4. The van der Waals surface area contributed by atoms with Crippen molar-refractivity contribution in [2.45, 2.75) is 75.6 Å². The number of piperidine rings is 1. The van der Waals surface area contributed by atoms with Crippen LogP contribution < -0.4 is 5.32 Å². The van der Waals surface area contributed by atoms with Crippen LogP contribution in [0.1, 0.15) is 51.4 Å². The van der Waals surface area contributed by atoms with Gasteiger partial charge in [0, 0.05) is 25.2 Å². The first-order valence-corrected chi connectivity index (χ1v) is 7.85. The Morgan fingerprint density at radius 3 is 2.42 bits per heavy atom. The monoisotopic (exact) mass is 266 g/mol. The standard InChI is InChI=1S/C15H26N2O2/c1-17(13-8-11-6-7-12(9-13)16-11)15(18)10-19-14-4-2-3-5-14/h11-14,16H,2-10H2,1H3. The van der Waals surface area contributed by atoms with Gasteiger partial charge in [0.2, 0.25) is 5.91 Å². The fourth-order valence-corrected chi connectivity index (χ4v) is 3.89. The van der Waals surface area contributed by atoms with E-state index in [9.17, 15) is 4.79 Å². The molecule has 0 aromatic carbocycles. The fraction of sp³-hybridized carbons (Fsp3) is 0.933. The van der Waals surface area contributed by atoms with E-state index in [0.717, 1.165) is 25.7 Å². The summed E-state index contributed by atoms with van der Waals surface area (Å²) in [6.45, 7) is 0.278. The van der Waals surface area contributed by atoms with Crippen LogP contribution in [0.15, 0.2) is 0 Å². The Labute approximate surface area is 115 Å². The third-order valence-electron chi connectivity index (χ3n) is 5.13. The smallest absolute Gasteiger partial charge is 0.248 e. The third kappa shape index (κ3) is 3.11. The SMILES string of the molecule is CN(C(=O)COC1CCCC1)C1CC2CCC(C1)N2. The van der Waals surface area contributed by atoms with Crippen LogP contribution >= 0.6 is 0 Å². The predicted octanol–water partition coefficient (Wildman–Crippen LogP) is 1.69. The summed E-state index contributed by atoms with van der Waals surface area (Å²) in [7, 11) is 1.95. The van der Waals surface area contributed by atoms with Crippen LogP contribution in [0.2, 0.25) is 0 Å². The highest BCUT2D eigenvalue weighted by atomic mass is 16.5. The van der Waals surface area contributed by atoms with Crippen LogP contribution in [-0.4, -0.2) is 48.7 Å². The van der Waals surface area contributed by atoms with E-state index in [0.29, 0.717) is 24.2 Å². The molecule has 108 valence electrons. The highest BCUT2D eigenvalue weighted by Gasteiger charge is 2.36. The van der Waals surface area contributed by atoms with Crippen molar-refractivity contribution in [2.75, 3.05) is 13.7 Å². The first-order chi connectivity index (χ1) is 9.22. The molecule has 0 aromatic rings. The Morgan fingerprint density at radius 2 is 1.79 bits per heavy atom. The highest BCUT2D eigenvalue weighted by molar-refractivity contribution is 5.77. The molecule has 19 heavy (non-hydrogen) atoms. The maximum Gasteiger partial charge on any atom is 0.248 e. The van der Waals surface area contributed by atoms with E-state index in [1.165, 1.54) is 25.7 Å². The van der Waals surface area contributed by atoms with Gasteiger partial charge in [-0.1, -0.05) is 12.8 Å². The largest absolute Gasteiger partial charge is 0.368 e. The molecule has 2 bridgehead atoms. The first-order valence-electron chi connectivity index (χ1n) is 7.85. The van der Waals surface area contributed by atoms with Gasteiger partial charge in [0.15, 0.2) is 0 Å². The van der Waals surface area contributed by atoms with Gasteiger partial charge in [0.1, 0.15) is 6.61 Å². The van der Waals surface area contributed by atoms with Crippen molar-refractivity contribution in [1.82, 2.24) is 10.2 Å². The quantitative estimate of drug-likeness (QED) is 0.842. The average Bonchev–Trinajstić information content (AvgIpc) is 3.05.